The van der Waals surface area contributed by atoms with Crippen LogP contribution in [0.4, 0.5) is 11.5 Å². The number of nitrogens with two attached hydrogens (primary N) is 1. The number of anilines is 2. The molecule has 0 aliphatic rings. The highest BCUT2D eigenvalue weighted by Gasteiger charge is 2.07. The van der Waals surface area contributed by atoms with Crippen LogP contribution in [0.1, 0.15) is 6.92 Å². The van der Waals surface area contributed by atoms with Gasteiger partial charge in [-0.15, -0.1) is 0 Å². The molecule has 0 radical (unpaired) electrons. The molecule has 1 heterocycles. The summed E-state index contributed by atoms with van der Waals surface area (Å²) in [5.74, 6) is 0.572. The fourth-order valence-corrected chi connectivity index (χ4v) is 1.50. The molecule has 0 amide bonds. The molecule has 2 unspecified atom stereocenters. The molecule has 4 nitrogen and oxygen atoms in total. The van der Waals surface area contributed by atoms with Crippen LogP contribution < -0.4 is 11.1 Å². The predicted molar refractivity (Wildman–Crippen MR) is 65.7 cm³/mol. The molecule has 0 fully saturated rings. The molecule has 0 bridgehead atoms. The molecule has 0 saturated carbocycles. The average Bonchev–Trinajstić information content (AvgIpc) is 2.15. The molecule has 0 aliphatic heterocycles. The summed E-state index contributed by atoms with van der Waals surface area (Å²) in [7, 11) is -0.853. The van der Waals surface area contributed by atoms with Crippen molar-refractivity contribution in [1.82, 2.24) is 4.98 Å². The molecule has 1 rings (SSSR count). The van der Waals surface area contributed by atoms with Gasteiger partial charge in [0.25, 0.3) is 0 Å². The summed E-state index contributed by atoms with van der Waals surface area (Å²) in [6.07, 6.45) is 3.20. The van der Waals surface area contributed by atoms with E-state index < -0.39 is 10.8 Å². The maximum absolute atomic E-state index is 11.1. The molecular formula is C9H14ClN3OS. The van der Waals surface area contributed by atoms with Crippen molar-refractivity contribution in [2.45, 2.75) is 12.2 Å². The summed E-state index contributed by atoms with van der Waals surface area (Å²) in [6.45, 7) is 2.47. The lowest BCUT2D eigenvalue weighted by molar-refractivity contribution is 0.679. The Morgan fingerprint density at radius 1 is 1.73 bits per heavy atom. The van der Waals surface area contributed by atoms with Crippen molar-refractivity contribution >= 4 is 33.9 Å². The Morgan fingerprint density at radius 2 is 2.40 bits per heavy atom. The fourth-order valence-electron chi connectivity index (χ4n) is 0.941. The van der Waals surface area contributed by atoms with Gasteiger partial charge in [0.1, 0.15) is 5.82 Å². The molecule has 2 atom stereocenters. The zero-order valence-electron chi connectivity index (χ0n) is 8.66. The van der Waals surface area contributed by atoms with Crippen molar-refractivity contribution < 1.29 is 4.21 Å². The van der Waals surface area contributed by atoms with Crippen LogP contribution in [-0.4, -0.2) is 27.2 Å². The quantitative estimate of drug-likeness (QED) is 0.846. The third kappa shape index (κ3) is 3.68. The molecule has 84 valence electrons. The van der Waals surface area contributed by atoms with Crippen LogP contribution in [0.5, 0.6) is 0 Å². The van der Waals surface area contributed by atoms with Crippen molar-refractivity contribution in [3.05, 3.63) is 17.3 Å². The predicted octanol–water partition coefficient (Wildman–Crippen LogP) is 1.50. The normalized spacial score (nSPS) is 14.6. The zero-order chi connectivity index (χ0) is 11.4. The van der Waals surface area contributed by atoms with Crippen LogP contribution in [0.15, 0.2) is 12.3 Å². The molecule has 0 saturated heterocycles. The van der Waals surface area contributed by atoms with Gasteiger partial charge in [0.15, 0.2) is 0 Å². The summed E-state index contributed by atoms with van der Waals surface area (Å²) in [6, 6.07) is 1.63. The average molecular weight is 248 g/mol. The first-order valence-electron chi connectivity index (χ1n) is 4.48. The zero-order valence-corrected chi connectivity index (χ0v) is 10.2. The second-order valence-electron chi connectivity index (χ2n) is 3.29. The Balaban J connectivity index is 2.62. The number of halogens is 1. The lowest BCUT2D eigenvalue weighted by atomic mass is 10.4. The first kappa shape index (κ1) is 12.3. The SMILES string of the molecule is CC(CNc1ncc(N)cc1Cl)S(C)=O. The van der Waals surface area contributed by atoms with E-state index >= 15 is 0 Å². The molecule has 0 spiro atoms. The number of nitrogens with one attached hydrogen (secondary N) is 1. The van der Waals surface area contributed by atoms with Gasteiger partial charge in [0, 0.05) is 28.9 Å². The number of pyridine rings is 1. The van der Waals surface area contributed by atoms with Crippen molar-refractivity contribution in [3.8, 4) is 0 Å². The smallest absolute Gasteiger partial charge is 0.144 e. The molecular weight excluding hydrogens is 234 g/mol. The second kappa shape index (κ2) is 5.32. The molecule has 15 heavy (non-hydrogen) atoms. The van der Waals surface area contributed by atoms with Crippen molar-refractivity contribution in [1.29, 1.82) is 0 Å². The van der Waals surface area contributed by atoms with E-state index in [1.165, 1.54) is 6.20 Å². The highest BCUT2D eigenvalue weighted by atomic mass is 35.5. The standard InChI is InChI=1S/C9H14ClN3OS/c1-6(15(2)14)4-12-9-8(10)3-7(11)5-13-9/h3,5-6H,4,11H2,1-2H3,(H,12,13). The Morgan fingerprint density at radius 3 is 2.93 bits per heavy atom. The summed E-state index contributed by atoms with van der Waals surface area (Å²) in [5.41, 5.74) is 6.03. The molecule has 0 aliphatic carbocycles. The highest BCUT2D eigenvalue weighted by Crippen LogP contribution is 2.20. The third-order valence-corrected chi connectivity index (χ3v) is 3.57. The van der Waals surface area contributed by atoms with E-state index in [-0.39, 0.29) is 5.25 Å². The lowest BCUT2D eigenvalue weighted by Crippen LogP contribution is -2.21. The molecule has 1 aromatic rings. The first-order chi connectivity index (χ1) is 7.00. The first-order valence-corrected chi connectivity index (χ1v) is 6.47. The molecule has 1 aromatic heterocycles. The van der Waals surface area contributed by atoms with Gasteiger partial charge < -0.3 is 11.1 Å². The summed E-state index contributed by atoms with van der Waals surface area (Å²) in [4.78, 5) is 4.04. The number of nitrogen functional groups attached to an aromatic ring is 1. The topological polar surface area (TPSA) is 68.0 Å². The van der Waals surface area contributed by atoms with Crippen LogP contribution in [0.25, 0.3) is 0 Å². The van der Waals surface area contributed by atoms with E-state index in [9.17, 15) is 4.21 Å². The number of rotatable bonds is 4. The minimum absolute atomic E-state index is 0.0559. The Kier molecular flexibility index (Phi) is 4.35. The third-order valence-electron chi connectivity index (χ3n) is 1.99. The van der Waals surface area contributed by atoms with Gasteiger partial charge in [-0.05, 0) is 13.0 Å². The van der Waals surface area contributed by atoms with Crippen molar-refractivity contribution in [2.24, 2.45) is 0 Å². The van der Waals surface area contributed by atoms with Crippen LogP contribution in [0, 0.1) is 0 Å². The van der Waals surface area contributed by atoms with Crippen LogP contribution >= 0.6 is 11.6 Å². The van der Waals surface area contributed by atoms with Crippen LogP contribution in [0.2, 0.25) is 5.02 Å². The summed E-state index contributed by atoms with van der Waals surface area (Å²) >= 11 is 5.91. The van der Waals surface area contributed by atoms with E-state index in [4.69, 9.17) is 17.3 Å². The van der Waals surface area contributed by atoms with Crippen molar-refractivity contribution in [3.63, 3.8) is 0 Å². The number of hydrogen-bond acceptors (Lipinski definition) is 4. The largest absolute Gasteiger partial charge is 0.397 e. The van der Waals surface area contributed by atoms with E-state index in [0.29, 0.717) is 23.1 Å². The van der Waals surface area contributed by atoms with Gasteiger partial charge in [-0.2, -0.15) is 0 Å². The van der Waals surface area contributed by atoms with Crippen LogP contribution in [-0.2, 0) is 10.8 Å². The summed E-state index contributed by atoms with van der Waals surface area (Å²) in [5, 5.41) is 3.56. The molecule has 0 aromatic carbocycles. The Labute approximate surface area is 96.7 Å². The van der Waals surface area contributed by atoms with E-state index in [1.807, 2.05) is 6.92 Å². The number of nitrogens with zero attached hydrogens (tertiary/aromatic N) is 1. The second-order valence-corrected chi connectivity index (χ2v) is 5.50. The Bertz CT molecular complexity index is 372. The minimum Gasteiger partial charge on any atom is -0.397 e. The van der Waals surface area contributed by atoms with E-state index in [2.05, 4.69) is 10.3 Å². The monoisotopic (exact) mass is 247 g/mol. The Hall–Kier alpha value is -0.810. The van der Waals surface area contributed by atoms with Gasteiger partial charge in [0.2, 0.25) is 0 Å². The van der Waals surface area contributed by atoms with Crippen LogP contribution in [0.3, 0.4) is 0 Å². The van der Waals surface area contributed by atoms with Gasteiger partial charge in [-0.3, -0.25) is 4.21 Å². The number of aromatic nitrogens is 1. The van der Waals surface area contributed by atoms with Gasteiger partial charge in [-0.25, -0.2) is 4.98 Å². The maximum atomic E-state index is 11.1. The highest BCUT2D eigenvalue weighted by molar-refractivity contribution is 7.84. The molecule has 6 heteroatoms. The summed E-state index contributed by atoms with van der Waals surface area (Å²) < 4.78 is 11.1. The van der Waals surface area contributed by atoms with E-state index in [1.54, 1.807) is 12.3 Å². The maximum Gasteiger partial charge on any atom is 0.144 e. The van der Waals surface area contributed by atoms with Gasteiger partial charge in [0.05, 0.1) is 16.9 Å². The molecule has 3 N–H and O–H groups in total. The fraction of sp³-hybridized carbons (Fsp3) is 0.444. The van der Waals surface area contributed by atoms with Gasteiger partial charge in [-0.1, -0.05) is 11.6 Å². The van der Waals surface area contributed by atoms with E-state index in [0.717, 1.165) is 0 Å². The van der Waals surface area contributed by atoms with Crippen molar-refractivity contribution in [2.75, 3.05) is 23.9 Å². The number of hydrogen-bond donors (Lipinski definition) is 2. The van der Waals surface area contributed by atoms with Gasteiger partial charge >= 0.3 is 0 Å². The lowest BCUT2D eigenvalue weighted by Gasteiger charge is -2.11. The minimum atomic E-state index is -0.853.